The van der Waals surface area contributed by atoms with Crippen LogP contribution in [-0.4, -0.2) is 24.4 Å². The summed E-state index contributed by atoms with van der Waals surface area (Å²) >= 11 is 0. The molecule has 1 N–H and O–H groups in total. The highest BCUT2D eigenvalue weighted by atomic mass is 19.4. The average Bonchev–Trinajstić information content (AvgIpc) is 2.50. The Balaban J connectivity index is 3.31. The normalized spacial score (nSPS) is 11.5. The van der Waals surface area contributed by atoms with Crippen LogP contribution in [0, 0.1) is 0 Å². The van der Waals surface area contributed by atoms with Crippen LogP contribution >= 0.6 is 0 Å². The minimum Gasteiger partial charge on any atom is -0.349 e. The van der Waals surface area contributed by atoms with Gasteiger partial charge in [-0.15, -0.1) is 0 Å². The van der Waals surface area contributed by atoms with E-state index in [9.17, 15) is 22.8 Å². The molecule has 0 bridgehead atoms. The molecule has 3 nitrogen and oxygen atoms in total. The largest absolute Gasteiger partial charge is 0.460 e. The number of Topliss-reactive ketones (excluding diaryl/α,β-unsaturated/α-hetero) is 1. The number of carbonyl (C=O) groups excluding carboxylic acids is 2. The van der Waals surface area contributed by atoms with Gasteiger partial charge < -0.3 is 5.32 Å². The van der Waals surface area contributed by atoms with E-state index in [0.29, 0.717) is 6.42 Å². The van der Waals surface area contributed by atoms with Gasteiger partial charge in [-0.3, -0.25) is 9.59 Å². The third kappa shape index (κ3) is 13.1. The molecule has 0 heterocycles. The molecule has 0 aromatic rings. The zero-order valence-electron chi connectivity index (χ0n) is 14.1. The van der Waals surface area contributed by atoms with Crippen LogP contribution in [0.3, 0.4) is 0 Å². The smallest absolute Gasteiger partial charge is 0.349 e. The van der Waals surface area contributed by atoms with Gasteiger partial charge in [-0.25, -0.2) is 0 Å². The van der Waals surface area contributed by atoms with Crippen molar-refractivity contribution in [1.82, 2.24) is 5.32 Å². The number of amides is 1. The van der Waals surface area contributed by atoms with E-state index in [0.717, 1.165) is 19.3 Å². The summed E-state index contributed by atoms with van der Waals surface area (Å²) < 4.78 is 35.9. The van der Waals surface area contributed by atoms with Crippen LogP contribution in [0.1, 0.15) is 84.0 Å². The molecule has 0 saturated carbocycles. The molecule has 0 aliphatic heterocycles. The Bertz CT molecular complexity index is 330. The van der Waals surface area contributed by atoms with Gasteiger partial charge in [0, 0.05) is 6.54 Å². The SMILES string of the molecule is CCCCCCCCCCCCCCNC(=O)C(=O)C(F)(F)F. The molecule has 0 radical (unpaired) electrons. The lowest BCUT2D eigenvalue weighted by Gasteiger charge is -2.06. The van der Waals surface area contributed by atoms with Crippen LogP contribution in [0.5, 0.6) is 0 Å². The van der Waals surface area contributed by atoms with E-state index in [-0.39, 0.29) is 6.54 Å². The first kappa shape index (κ1) is 21.9. The van der Waals surface area contributed by atoms with Crippen LogP contribution in [0.2, 0.25) is 0 Å². The molecule has 23 heavy (non-hydrogen) atoms. The van der Waals surface area contributed by atoms with E-state index in [2.05, 4.69) is 6.92 Å². The summed E-state index contributed by atoms with van der Waals surface area (Å²) in [4.78, 5) is 21.5. The number of alkyl halides is 3. The van der Waals surface area contributed by atoms with E-state index in [4.69, 9.17) is 0 Å². The van der Waals surface area contributed by atoms with Crippen LogP contribution < -0.4 is 5.32 Å². The fourth-order valence-corrected chi connectivity index (χ4v) is 2.38. The van der Waals surface area contributed by atoms with Gasteiger partial charge in [0.25, 0.3) is 5.91 Å². The molecule has 0 fully saturated rings. The molecule has 0 rings (SSSR count). The van der Waals surface area contributed by atoms with Crippen LogP contribution in [0.4, 0.5) is 13.2 Å². The Morgan fingerprint density at radius 3 is 1.52 bits per heavy atom. The number of hydrogen-bond acceptors (Lipinski definition) is 2. The highest BCUT2D eigenvalue weighted by molar-refractivity contribution is 6.38. The zero-order valence-corrected chi connectivity index (χ0v) is 14.1. The number of hydrogen-bond donors (Lipinski definition) is 1. The van der Waals surface area contributed by atoms with Crippen molar-refractivity contribution >= 4 is 11.7 Å². The van der Waals surface area contributed by atoms with Gasteiger partial charge >= 0.3 is 12.0 Å². The zero-order chi connectivity index (χ0) is 17.6. The summed E-state index contributed by atoms with van der Waals surface area (Å²) in [6.07, 6.45) is 8.77. The monoisotopic (exact) mass is 337 g/mol. The number of nitrogens with one attached hydrogen (secondary N) is 1. The highest BCUT2D eigenvalue weighted by Gasteiger charge is 2.43. The maximum absolute atomic E-state index is 12.0. The van der Waals surface area contributed by atoms with Crippen LogP contribution in [-0.2, 0) is 9.59 Å². The average molecular weight is 337 g/mol. The molecular formula is C17H30F3NO2. The van der Waals surface area contributed by atoms with Crippen molar-refractivity contribution in [3.05, 3.63) is 0 Å². The van der Waals surface area contributed by atoms with Crippen molar-refractivity contribution in [2.45, 2.75) is 90.1 Å². The summed E-state index contributed by atoms with van der Waals surface area (Å²) in [6, 6.07) is 0. The van der Waals surface area contributed by atoms with Crippen molar-refractivity contribution in [3.63, 3.8) is 0 Å². The second kappa shape index (κ2) is 13.4. The van der Waals surface area contributed by atoms with E-state index in [1.807, 2.05) is 5.32 Å². The number of rotatable bonds is 14. The Labute approximate surface area is 137 Å². The summed E-state index contributed by atoms with van der Waals surface area (Å²) in [5, 5.41) is 2.02. The fraction of sp³-hybridized carbons (Fsp3) is 0.882. The first-order chi connectivity index (χ1) is 10.9. The standard InChI is InChI=1S/C17H30F3NO2/c1-2-3-4-5-6-7-8-9-10-11-12-13-14-21-16(23)15(22)17(18,19)20/h2-14H2,1H3,(H,21,23). The highest BCUT2D eigenvalue weighted by Crippen LogP contribution is 2.15. The first-order valence-electron chi connectivity index (χ1n) is 8.79. The van der Waals surface area contributed by atoms with Gasteiger partial charge in [-0.2, -0.15) is 13.2 Å². The second-order valence-electron chi connectivity index (χ2n) is 5.97. The van der Waals surface area contributed by atoms with Crippen molar-refractivity contribution in [1.29, 1.82) is 0 Å². The predicted molar refractivity (Wildman–Crippen MR) is 85.1 cm³/mol. The van der Waals surface area contributed by atoms with E-state index < -0.39 is 17.9 Å². The van der Waals surface area contributed by atoms with Gasteiger partial charge in [-0.1, -0.05) is 77.6 Å². The summed E-state index contributed by atoms with van der Waals surface area (Å²) in [5.41, 5.74) is 0. The molecule has 0 aromatic carbocycles. The quantitative estimate of drug-likeness (QED) is 0.361. The van der Waals surface area contributed by atoms with Crippen molar-refractivity contribution in [3.8, 4) is 0 Å². The molecule has 0 aliphatic rings. The Kier molecular flexibility index (Phi) is 12.8. The molecule has 0 aromatic heterocycles. The minimum absolute atomic E-state index is 0.123. The molecule has 0 spiro atoms. The van der Waals surface area contributed by atoms with Gasteiger partial charge in [-0.05, 0) is 6.42 Å². The van der Waals surface area contributed by atoms with Crippen LogP contribution in [0.15, 0.2) is 0 Å². The van der Waals surface area contributed by atoms with Crippen molar-refractivity contribution in [2.75, 3.05) is 6.54 Å². The molecule has 136 valence electrons. The van der Waals surface area contributed by atoms with Gasteiger partial charge in [0.15, 0.2) is 0 Å². The molecule has 1 amide bonds. The lowest BCUT2D eigenvalue weighted by Crippen LogP contribution is -2.40. The number of unbranched alkanes of at least 4 members (excludes halogenated alkanes) is 11. The molecule has 0 atom stereocenters. The van der Waals surface area contributed by atoms with E-state index >= 15 is 0 Å². The number of carbonyl (C=O) groups is 2. The topological polar surface area (TPSA) is 46.2 Å². The van der Waals surface area contributed by atoms with Crippen molar-refractivity contribution in [2.24, 2.45) is 0 Å². The van der Waals surface area contributed by atoms with Gasteiger partial charge in [0.05, 0.1) is 0 Å². The predicted octanol–water partition coefficient (Wildman–Crippen LogP) is 4.94. The summed E-state index contributed by atoms with van der Waals surface area (Å²) in [5.74, 6) is -3.88. The molecule has 0 saturated heterocycles. The Morgan fingerprint density at radius 1 is 0.739 bits per heavy atom. The van der Waals surface area contributed by atoms with E-state index in [1.165, 1.54) is 51.4 Å². The maximum atomic E-state index is 12.0. The molecule has 0 aliphatic carbocycles. The molecule has 0 unspecified atom stereocenters. The maximum Gasteiger partial charge on any atom is 0.460 e. The second-order valence-corrected chi connectivity index (χ2v) is 5.97. The summed E-state index contributed by atoms with van der Waals surface area (Å²) in [6.45, 7) is 2.33. The Hall–Kier alpha value is -1.07. The van der Waals surface area contributed by atoms with Crippen LogP contribution in [0.25, 0.3) is 0 Å². The van der Waals surface area contributed by atoms with Gasteiger partial charge in [0.1, 0.15) is 0 Å². The Morgan fingerprint density at radius 2 is 1.13 bits per heavy atom. The van der Waals surface area contributed by atoms with Gasteiger partial charge in [0.2, 0.25) is 0 Å². The fourth-order valence-electron chi connectivity index (χ4n) is 2.38. The lowest BCUT2D eigenvalue weighted by atomic mass is 10.1. The first-order valence-corrected chi connectivity index (χ1v) is 8.79. The molecule has 6 heteroatoms. The minimum atomic E-state index is -5.08. The number of ketones is 1. The van der Waals surface area contributed by atoms with E-state index in [1.54, 1.807) is 0 Å². The lowest BCUT2D eigenvalue weighted by molar-refractivity contribution is -0.175. The summed E-state index contributed by atoms with van der Waals surface area (Å²) in [7, 11) is 0. The number of halogens is 3. The third-order valence-corrected chi connectivity index (χ3v) is 3.78. The van der Waals surface area contributed by atoms with Crippen molar-refractivity contribution < 1.29 is 22.8 Å². The molecular weight excluding hydrogens is 307 g/mol. The third-order valence-electron chi connectivity index (χ3n) is 3.78.